The smallest absolute Gasteiger partial charge is 0.261 e. The second-order valence-corrected chi connectivity index (χ2v) is 9.74. The number of nitrogens with one attached hydrogen (secondary N) is 2. The molecule has 2 N–H and O–H groups in total. The van der Waals surface area contributed by atoms with Gasteiger partial charge in [-0.25, -0.2) is 9.97 Å². The molecular weight excluding hydrogens is 488 g/mol. The lowest BCUT2D eigenvalue weighted by atomic mass is 10.2. The van der Waals surface area contributed by atoms with Gasteiger partial charge in [0.15, 0.2) is 0 Å². The fourth-order valence-corrected chi connectivity index (χ4v) is 4.83. The van der Waals surface area contributed by atoms with Crippen LogP contribution in [0.15, 0.2) is 91.6 Å². The number of carbonyl (C=O) groups is 1. The topological polar surface area (TPSA) is 91.2 Å². The molecule has 1 aliphatic heterocycles. The van der Waals surface area contributed by atoms with Gasteiger partial charge in [-0.3, -0.25) is 9.78 Å². The van der Waals surface area contributed by atoms with Gasteiger partial charge in [0.05, 0.1) is 12.2 Å². The monoisotopic (exact) mass is 518 g/mol. The summed E-state index contributed by atoms with van der Waals surface area (Å²) in [4.78, 5) is 30.7. The van der Waals surface area contributed by atoms with Crippen molar-refractivity contribution in [2.45, 2.75) is 6.54 Å². The van der Waals surface area contributed by atoms with E-state index < -0.39 is 0 Å². The van der Waals surface area contributed by atoms with E-state index >= 15 is 0 Å². The normalized spacial score (nSPS) is 13.9. The number of hydrogen-bond donors (Lipinski definition) is 2. The lowest BCUT2D eigenvalue weighted by molar-refractivity contribution is 0.102. The van der Waals surface area contributed by atoms with E-state index in [-0.39, 0.29) is 5.91 Å². The first-order valence-corrected chi connectivity index (χ1v) is 13.0. The zero-order valence-corrected chi connectivity index (χ0v) is 21.8. The molecule has 0 radical (unpaired) electrons. The van der Waals surface area contributed by atoms with Crippen LogP contribution in [0.2, 0.25) is 0 Å². The van der Waals surface area contributed by atoms with Crippen LogP contribution in [0.4, 0.5) is 22.9 Å². The fraction of sp³-hybridized carbons (Fsp3) is 0.200. The summed E-state index contributed by atoms with van der Waals surface area (Å²) >= 11 is 0. The van der Waals surface area contributed by atoms with Gasteiger partial charge in [-0.1, -0.05) is 6.07 Å². The molecule has 1 amide bonds. The van der Waals surface area contributed by atoms with Gasteiger partial charge in [-0.2, -0.15) is 0 Å². The summed E-state index contributed by atoms with van der Waals surface area (Å²) in [5.41, 5.74) is 5.20. The molecule has 9 nitrogen and oxygen atoms in total. The molecule has 0 unspecified atom stereocenters. The molecule has 1 aliphatic rings. The molecule has 9 heteroatoms. The number of rotatable bonds is 7. The van der Waals surface area contributed by atoms with Crippen LogP contribution in [0.25, 0.3) is 10.9 Å². The molecule has 0 aliphatic carbocycles. The Kier molecular flexibility index (Phi) is 6.88. The molecular formula is C30H30N8O. The molecule has 196 valence electrons. The summed E-state index contributed by atoms with van der Waals surface area (Å²) in [5, 5.41) is 7.36. The fourth-order valence-electron chi connectivity index (χ4n) is 4.83. The Morgan fingerprint density at radius 3 is 2.54 bits per heavy atom. The Labute approximate surface area is 227 Å². The van der Waals surface area contributed by atoms with Crippen LogP contribution >= 0.6 is 0 Å². The molecule has 0 spiro atoms. The highest BCUT2D eigenvalue weighted by molar-refractivity contribution is 6.07. The van der Waals surface area contributed by atoms with Gasteiger partial charge in [0.2, 0.25) is 0 Å². The van der Waals surface area contributed by atoms with Gasteiger partial charge < -0.3 is 25.0 Å². The predicted octanol–water partition coefficient (Wildman–Crippen LogP) is 4.62. The Hall–Kier alpha value is -4.76. The van der Waals surface area contributed by atoms with Gasteiger partial charge >= 0.3 is 0 Å². The molecule has 1 fully saturated rings. The maximum atomic E-state index is 13.2. The first-order chi connectivity index (χ1) is 19.1. The molecule has 2 aromatic carbocycles. The average molecular weight is 519 g/mol. The number of benzene rings is 2. The standard InChI is InChI=1S/C30H30N8O/c1-36-14-16-37(17-15-36)26-8-5-23(6-9-26)35-30(39)27-19-31-21-33-29(27)34-24-7-10-28-22(18-24)11-13-38(28)20-25-4-2-3-12-32-25/h2-13,18-19,21H,14-17,20H2,1H3,(H,35,39)(H,31,33,34). The maximum Gasteiger partial charge on any atom is 0.261 e. The minimum atomic E-state index is -0.270. The Morgan fingerprint density at radius 2 is 1.74 bits per heavy atom. The van der Waals surface area contributed by atoms with Crippen LogP contribution < -0.4 is 15.5 Å². The van der Waals surface area contributed by atoms with Gasteiger partial charge in [0.25, 0.3) is 5.91 Å². The number of likely N-dealkylation sites (N-methyl/N-ethyl adjacent to an activating group) is 1. The van der Waals surface area contributed by atoms with Crippen molar-refractivity contribution in [3.8, 4) is 0 Å². The summed E-state index contributed by atoms with van der Waals surface area (Å²) < 4.78 is 2.17. The third-order valence-electron chi connectivity index (χ3n) is 7.04. The minimum absolute atomic E-state index is 0.270. The minimum Gasteiger partial charge on any atom is -0.369 e. The molecule has 1 saturated heterocycles. The number of aromatic nitrogens is 4. The lowest BCUT2D eigenvalue weighted by Crippen LogP contribution is -2.44. The predicted molar refractivity (Wildman–Crippen MR) is 155 cm³/mol. The SMILES string of the molecule is CN1CCN(c2ccc(NC(=O)c3cncnc3Nc3ccc4c(ccn4Cc4ccccn4)c3)cc2)CC1. The van der Waals surface area contributed by atoms with E-state index in [2.05, 4.69) is 77.5 Å². The molecule has 5 aromatic rings. The van der Waals surface area contributed by atoms with Crippen molar-refractivity contribution in [1.29, 1.82) is 0 Å². The van der Waals surface area contributed by atoms with Crippen LogP contribution in [-0.2, 0) is 6.54 Å². The summed E-state index contributed by atoms with van der Waals surface area (Å²) in [5.74, 6) is 0.178. The second kappa shape index (κ2) is 10.9. The van der Waals surface area contributed by atoms with Crippen molar-refractivity contribution in [3.63, 3.8) is 0 Å². The number of piperazine rings is 1. The molecule has 3 aromatic heterocycles. The summed E-state index contributed by atoms with van der Waals surface area (Å²) in [6.07, 6.45) is 6.83. The van der Waals surface area contributed by atoms with Crippen molar-refractivity contribution >= 4 is 39.7 Å². The number of carbonyl (C=O) groups excluding carboxylic acids is 1. The summed E-state index contributed by atoms with van der Waals surface area (Å²) in [7, 11) is 2.15. The van der Waals surface area contributed by atoms with E-state index in [1.54, 1.807) is 0 Å². The Balaban J connectivity index is 1.15. The first kappa shape index (κ1) is 24.6. The van der Waals surface area contributed by atoms with Crippen LogP contribution in [0.5, 0.6) is 0 Å². The zero-order valence-electron chi connectivity index (χ0n) is 21.8. The third-order valence-corrected chi connectivity index (χ3v) is 7.04. The highest BCUT2D eigenvalue weighted by Crippen LogP contribution is 2.25. The number of nitrogens with zero attached hydrogens (tertiary/aromatic N) is 6. The number of fused-ring (bicyclic) bond motifs is 1. The largest absolute Gasteiger partial charge is 0.369 e. The average Bonchev–Trinajstić information content (AvgIpc) is 3.36. The Bertz CT molecular complexity index is 1570. The highest BCUT2D eigenvalue weighted by Gasteiger charge is 2.16. The van der Waals surface area contributed by atoms with Gasteiger partial charge in [0.1, 0.15) is 17.7 Å². The van der Waals surface area contributed by atoms with Gasteiger partial charge in [-0.15, -0.1) is 0 Å². The van der Waals surface area contributed by atoms with E-state index in [9.17, 15) is 4.79 Å². The number of amides is 1. The molecule has 0 bridgehead atoms. The van der Waals surface area contributed by atoms with E-state index in [1.165, 1.54) is 12.5 Å². The molecule has 39 heavy (non-hydrogen) atoms. The summed E-state index contributed by atoms with van der Waals surface area (Å²) in [6, 6.07) is 22.1. The van der Waals surface area contributed by atoms with Crippen LogP contribution in [-0.4, -0.2) is 63.6 Å². The third kappa shape index (κ3) is 5.58. The van der Waals surface area contributed by atoms with Crippen LogP contribution in [0, 0.1) is 0 Å². The molecule has 0 atom stereocenters. The van der Waals surface area contributed by atoms with Crippen LogP contribution in [0.3, 0.4) is 0 Å². The van der Waals surface area contributed by atoms with Gasteiger partial charge in [-0.05, 0) is 67.7 Å². The number of anilines is 4. The second-order valence-electron chi connectivity index (χ2n) is 9.74. The number of hydrogen-bond acceptors (Lipinski definition) is 7. The molecule has 0 saturated carbocycles. The van der Waals surface area contributed by atoms with E-state index in [4.69, 9.17) is 0 Å². The van der Waals surface area contributed by atoms with Crippen LogP contribution in [0.1, 0.15) is 16.1 Å². The quantitative estimate of drug-likeness (QED) is 0.325. The number of pyridine rings is 1. The van der Waals surface area contributed by atoms with E-state index in [0.29, 0.717) is 17.9 Å². The van der Waals surface area contributed by atoms with Crippen molar-refractivity contribution in [1.82, 2.24) is 24.4 Å². The molecule has 6 rings (SSSR count). The lowest BCUT2D eigenvalue weighted by Gasteiger charge is -2.34. The van der Waals surface area contributed by atoms with E-state index in [0.717, 1.165) is 59.8 Å². The van der Waals surface area contributed by atoms with E-state index in [1.807, 2.05) is 48.7 Å². The molecule has 4 heterocycles. The van der Waals surface area contributed by atoms with Crippen molar-refractivity contribution in [2.75, 3.05) is 48.8 Å². The zero-order chi connectivity index (χ0) is 26.6. The summed E-state index contributed by atoms with van der Waals surface area (Å²) in [6.45, 7) is 4.79. The van der Waals surface area contributed by atoms with Crippen molar-refractivity contribution in [3.05, 3.63) is 103 Å². The van der Waals surface area contributed by atoms with Crippen molar-refractivity contribution < 1.29 is 4.79 Å². The first-order valence-electron chi connectivity index (χ1n) is 13.0. The Morgan fingerprint density at radius 1 is 0.923 bits per heavy atom. The van der Waals surface area contributed by atoms with Gasteiger partial charge in [0, 0.05) is 72.7 Å². The highest BCUT2D eigenvalue weighted by atomic mass is 16.1. The van der Waals surface area contributed by atoms with Crippen molar-refractivity contribution in [2.24, 2.45) is 0 Å². The maximum absolute atomic E-state index is 13.2.